The van der Waals surface area contributed by atoms with Crippen molar-refractivity contribution < 1.29 is 27.5 Å². The fourth-order valence-corrected chi connectivity index (χ4v) is 2.36. The first kappa shape index (κ1) is 18.0. The molecule has 9 heteroatoms. The van der Waals surface area contributed by atoms with E-state index in [4.69, 9.17) is 0 Å². The Morgan fingerprint density at radius 2 is 1.78 bits per heavy atom. The first-order valence-electron chi connectivity index (χ1n) is 7.77. The predicted octanol–water partition coefficient (Wildman–Crippen LogP) is 0.378. The molecule has 0 atom stereocenters. The van der Waals surface area contributed by atoms with Crippen molar-refractivity contribution in [1.29, 1.82) is 0 Å². The van der Waals surface area contributed by atoms with Crippen LogP contribution in [-0.4, -0.2) is 79.8 Å². The van der Waals surface area contributed by atoms with E-state index in [-0.39, 0.29) is 24.8 Å². The van der Waals surface area contributed by atoms with Gasteiger partial charge in [0.05, 0.1) is 19.6 Å². The summed E-state index contributed by atoms with van der Waals surface area (Å²) >= 11 is 0. The highest BCUT2D eigenvalue weighted by Crippen LogP contribution is 2.18. The molecule has 6 nitrogen and oxygen atoms in total. The Bertz CT molecular complexity index is 419. The lowest BCUT2D eigenvalue weighted by molar-refractivity contribution is -0.175. The van der Waals surface area contributed by atoms with E-state index in [9.17, 15) is 22.8 Å². The third kappa shape index (κ3) is 7.17. The van der Waals surface area contributed by atoms with Crippen LogP contribution >= 0.6 is 0 Å². The largest absolute Gasteiger partial charge is 0.411 e. The number of ether oxygens (including phenoxy) is 1. The van der Waals surface area contributed by atoms with E-state index in [0.717, 1.165) is 12.8 Å². The molecule has 0 spiro atoms. The van der Waals surface area contributed by atoms with Crippen LogP contribution in [0.1, 0.15) is 19.3 Å². The maximum atomic E-state index is 11.9. The molecule has 1 heterocycles. The van der Waals surface area contributed by atoms with Gasteiger partial charge in [0.15, 0.2) is 0 Å². The summed E-state index contributed by atoms with van der Waals surface area (Å²) in [6.45, 7) is 0.907. The standard InChI is InChI=1S/C14H22F3N3O3/c15-14(16,17)10-23-8-3-13(22)20-6-4-19(5-7-20)9-12(21)18-11-1-2-11/h11H,1-10H2,(H,18,21). The maximum Gasteiger partial charge on any atom is 0.411 e. The highest BCUT2D eigenvalue weighted by Gasteiger charge is 2.28. The van der Waals surface area contributed by atoms with E-state index in [1.165, 1.54) is 0 Å². The number of hydrogen-bond donors (Lipinski definition) is 1. The van der Waals surface area contributed by atoms with E-state index in [2.05, 4.69) is 10.1 Å². The Hall–Kier alpha value is -1.35. The summed E-state index contributed by atoms with van der Waals surface area (Å²) in [5.41, 5.74) is 0. The Balaban J connectivity index is 1.57. The van der Waals surface area contributed by atoms with Crippen molar-refractivity contribution in [3.8, 4) is 0 Å². The molecule has 0 unspecified atom stereocenters. The third-order valence-corrected chi connectivity index (χ3v) is 3.76. The van der Waals surface area contributed by atoms with Crippen molar-refractivity contribution in [2.75, 3.05) is 45.9 Å². The molecule has 132 valence electrons. The second-order valence-electron chi connectivity index (χ2n) is 5.92. The zero-order valence-electron chi connectivity index (χ0n) is 12.9. The summed E-state index contributed by atoms with van der Waals surface area (Å²) in [7, 11) is 0. The van der Waals surface area contributed by atoms with Gasteiger partial charge >= 0.3 is 6.18 Å². The fourth-order valence-electron chi connectivity index (χ4n) is 2.36. The number of halogens is 3. The SMILES string of the molecule is O=C(CN1CCN(C(=O)CCOCC(F)(F)F)CC1)NC1CC1. The molecule has 0 radical (unpaired) electrons. The number of carbonyl (C=O) groups is 2. The lowest BCUT2D eigenvalue weighted by atomic mass is 10.2. The number of piperazine rings is 1. The van der Waals surface area contributed by atoms with Gasteiger partial charge in [0.2, 0.25) is 11.8 Å². The van der Waals surface area contributed by atoms with Crippen molar-refractivity contribution in [2.45, 2.75) is 31.5 Å². The molecule has 1 saturated heterocycles. The number of nitrogens with one attached hydrogen (secondary N) is 1. The van der Waals surface area contributed by atoms with Crippen LogP contribution in [0.15, 0.2) is 0 Å². The number of amides is 2. The quantitative estimate of drug-likeness (QED) is 0.682. The van der Waals surface area contributed by atoms with E-state index in [0.29, 0.717) is 38.8 Å². The Kier molecular flexibility index (Phi) is 6.23. The summed E-state index contributed by atoms with van der Waals surface area (Å²) in [6.07, 6.45) is -2.33. The lowest BCUT2D eigenvalue weighted by Gasteiger charge is -2.34. The molecule has 1 aliphatic heterocycles. The van der Waals surface area contributed by atoms with Gasteiger partial charge in [0, 0.05) is 32.2 Å². The Labute approximate surface area is 132 Å². The van der Waals surface area contributed by atoms with E-state index < -0.39 is 12.8 Å². The minimum absolute atomic E-state index is 0.00725. The second kappa shape index (κ2) is 7.96. The molecule has 23 heavy (non-hydrogen) atoms. The average Bonchev–Trinajstić information content (AvgIpc) is 3.27. The zero-order chi connectivity index (χ0) is 16.9. The first-order valence-corrected chi connectivity index (χ1v) is 7.77. The van der Waals surface area contributed by atoms with Crippen LogP contribution < -0.4 is 5.32 Å². The van der Waals surface area contributed by atoms with Crippen molar-refractivity contribution in [2.24, 2.45) is 0 Å². The molecule has 0 aromatic heterocycles. The molecule has 0 bridgehead atoms. The van der Waals surface area contributed by atoms with Gasteiger partial charge in [-0.2, -0.15) is 13.2 Å². The molecular formula is C14H22F3N3O3. The summed E-state index contributed by atoms with van der Waals surface area (Å²) in [4.78, 5) is 27.1. The fraction of sp³-hybridized carbons (Fsp3) is 0.857. The highest BCUT2D eigenvalue weighted by atomic mass is 19.4. The average molecular weight is 337 g/mol. The van der Waals surface area contributed by atoms with Gasteiger partial charge in [0.1, 0.15) is 6.61 Å². The van der Waals surface area contributed by atoms with Gasteiger partial charge < -0.3 is 15.0 Å². The second-order valence-corrected chi connectivity index (χ2v) is 5.92. The van der Waals surface area contributed by atoms with Crippen LogP contribution in [0.2, 0.25) is 0 Å². The van der Waals surface area contributed by atoms with Crippen molar-refractivity contribution in [3.05, 3.63) is 0 Å². The molecular weight excluding hydrogens is 315 g/mol. The molecule has 2 fully saturated rings. The monoisotopic (exact) mass is 337 g/mol. The van der Waals surface area contributed by atoms with Crippen LogP contribution in [0.3, 0.4) is 0 Å². The molecule has 2 amide bonds. The van der Waals surface area contributed by atoms with Crippen molar-refractivity contribution in [3.63, 3.8) is 0 Å². The van der Waals surface area contributed by atoms with Gasteiger partial charge in [0.25, 0.3) is 0 Å². The normalized spacial score (nSPS) is 19.7. The van der Waals surface area contributed by atoms with Gasteiger partial charge in [-0.3, -0.25) is 14.5 Å². The van der Waals surface area contributed by atoms with Crippen LogP contribution in [0.5, 0.6) is 0 Å². The highest BCUT2D eigenvalue weighted by molar-refractivity contribution is 5.79. The van der Waals surface area contributed by atoms with E-state index in [1.807, 2.05) is 4.90 Å². The van der Waals surface area contributed by atoms with Crippen LogP contribution in [0.4, 0.5) is 13.2 Å². The van der Waals surface area contributed by atoms with Gasteiger partial charge in [-0.25, -0.2) is 0 Å². The van der Waals surface area contributed by atoms with Crippen LogP contribution in [-0.2, 0) is 14.3 Å². The van der Waals surface area contributed by atoms with Crippen LogP contribution in [0, 0.1) is 0 Å². The van der Waals surface area contributed by atoms with E-state index >= 15 is 0 Å². The van der Waals surface area contributed by atoms with Crippen molar-refractivity contribution >= 4 is 11.8 Å². The van der Waals surface area contributed by atoms with E-state index in [1.54, 1.807) is 4.90 Å². The predicted molar refractivity (Wildman–Crippen MR) is 75.7 cm³/mol. The zero-order valence-corrected chi connectivity index (χ0v) is 12.9. The van der Waals surface area contributed by atoms with Gasteiger partial charge in [-0.15, -0.1) is 0 Å². The Morgan fingerprint density at radius 1 is 1.13 bits per heavy atom. The van der Waals surface area contributed by atoms with Gasteiger partial charge in [-0.1, -0.05) is 0 Å². The number of nitrogens with zero attached hydrogens (tertiary/aromatic N) is 2. The minimum Gasteiger partial charge on any atom is -0.372 e. The number of rotatable bonds is 7. The molecule has 1 aliphatic carbocycles. The molecule has 0 aromatic rings. The summed E-state index contributed by atoms with van der Waals surface area (Å²) in [5, 5.41) is 2.91. The smallest absolute Gasteiger partial charge is 0.372 e. The summed E-state index contributed by atoms with van der Waals surface area (Å²) in [5.74, 6) is -0.206. The lowest BCUT2D eigenvalue weighted by Crippen LogP contribution is -2.51. The topological polar surface area (TPSA) is 61.9 Å². The molecule has 0 aromatic carbocycles. The van der Waals surface area contributed by atoms with Gasteiger partial charge in [-0.05, 0) is 12.8 Å². The summed E-state index contributed by atoms with van der Waals surface area (Å²) in [6, 6.07) is 0.335. The van der Waals surface area contributed by atoms with Crippen LogP contribution in [0.25, 0.3) is 0 Å². The molecule has 2 aliphatic rings. The maximum absolute atomic E-state index is 11.9. The molecule has 1 saturated carbocycles. The minimum atomic E-state index is -4.37. The molecule has 1 N–H and O–H groups in total. The number of carbonyl (C=O) groups excluding carboxylic acids is 2. The third-order valence-electron chi connectivity index (χ3n) is 3.76. The first-order chi connectivity index (χ1) is 10.8. The number of alkyl halides is 3. The van der Waals surface area contributed by atoms with Crippen molar-refractivity contribution in [1.82, 2.24) is 15.1 Å². The number of hydrogen-bond acceptors (Lipinski definition) is 4. The molecule has 2 rings (SSSR count). The Morgan fingerprint density at radius 3 is 2.35 bits per heavy atom. The summed E-state index contributed by atoms with van der Waals surface area (Å²) < 4.78 is 40.2.